The van der Waals surface area contributed by atoms with E-state index in [4.69, 9.17) is 5.73 Å². The van der Waals surface area contributed by atoms with Gasteiger partial charge in [-0.05, 0) is 13.3 Å². The van der Waals surface area contributed by atoms with Gasteiger partial charge in [-0.25, -0.2) is 4.79 Å². The second-order valence-corrected chi connectivity index (χ2v) is 6.39. The maximum Gasteiger partial charge on any atom is 0.329 e. The molecule has 2 rings (SSSR count). The van der Waals surface area contributed by atoms with Gasteiger partial charge in [0.2, 0.25) is 5.78 Å². The molecule has 0 saturated heterocycles. The van der Waals surface area contributed by atoms with Crippen molar-refractivity contribution in [3.8, 4) is 0 Å². The van der Waals surface area contributed by atoms with Crippen LogP contribution >= 0.6 is 0 Å². The molecule has 7 nitrogen and oxygen atoms in total. The summed E-state index contributed by atoms with van der Waals surface area (Å²) in [7, 11) is 1.88. The average molecular weight is 345 g/mol. The average Bonchev–Trinajstić information content (AvgIpc) is 2.53. The first kappa shape index (κ1) is 18.7. The number of rotatable bonds is 7. The Kier molecular flexibility index (Phi) is 5.93. The number of nitrogens with two attached hydrogens (primary N) is 1. The van der Waals surface area contributed by atoms with Gasteiger partial charge in [0.05, 0.1) is 7.05 Å². The van der Waals surface area contributed by atoms with Crippen LogP contribution in [-0.2, 0) is 13.1 Å². The summed E-state index contributed by atoms with van der Waals surface area (Å²) in [5.74, 6) is -0.419. The Labute approximate surface area is 146 Å². The second-order valence-electron chi connectivity index (χ2n) is 6.39. The van der Waals surface area contributed by atoms with Gasteiger partial charge in [0.25, 0.3) is 5.56 Å². The fourth-order valence-electron chi connectivity index (χ4n) is 2.78. The number of aromatic amines is 1. The number of anilines is 1. The third kappa shape index (κ3) is 4.45. The van der Waals surface area contributed by atoms with Crippen LogP contribution in [0.25, 0.3) is 0 Å². The molecule has 7 heteroatoms. The lowest BCUT2D eigenvalue weighted by atomic mass is 10.1. The Hall–Kier alpha value is -2.67. The molecule has 0 aliphatic carbocycles. The Balaban J connectivity index is 2.20. The zero-order chi connectivity index (χ0) is 18.6. The van der Waals surface area contributed by atoms with E-state index in [0.29, 0.717) is 19.5 Å². The highest BCUT2D eigenvalue weighted by Crippen LogP contribution is 2.05. The van der Waals surface area contributed by atoms with E-state index in [9.17, 15) is 14.4 Å². The van der Waals surface area contributed by atoms with Crippen molar-refractivity contribution >= 4 is 11.6 Å². The first-order valence-electron chi connectivity index (χ1n) is 8.36. The van der Waals surface area contributed by atoms with Crippen molar-refractivity contribution < 1.29 is 9.69 Å². The van der Waals surface area contributed by atoms with Gasteiger partial charge in [-0.3, -0.25) is 19.1 Å². The van der Waals surface area contributed by atoms with Gasteiger partial charge in [0.15, 0.2) is 0 Å². The minimum Gasteiger partial charge on any atom is -0.384 e. The van der Waals surface area contributed by atoms with Gasteiger partial charge in [-0.15, -0.1) is 0 Å². The molecule has 0 aliphatic rings. The number of likely N-dealkylation sites (N-methyl/N-ethyl adjacent to an activating group) is 1. The molecule has 1 aromatic heterocycles. The summed E-state index contributed by atoms with van der Waals surface area (Å²) in [5, 5.41) is 0. The molecular weight excluding hydrogens is 320 g/mol. The van der Waals surface area contributed by atoms with Crippen molar-refractivity contribution in [3.63, 3.8) is 0 Å². The van der Waals surface area contributed by atoms with Crippen LogP contribution in [0.2, 0.25) is 0 Å². The van der Waals surface area contributed by atoms with Gasteiger partial charge < -0.3 is 10.6 Å². The molecule has 0 saturated carbocycles. The van der Waals surface area contributed by atoms with E-state index in [-0.39, 0.29) is 23.7 Å². The number of H-pyrrole nitrogens is 1. The molecule has 0 bridgehead atoms. The van der Waals surface area contributed by atoms with Crippen molar-refractivity contribution in [1.82, 2.24) is 9.55 Å². The lowest BCUT2D eigenvalue weighted by Crippen LogP contribution is -3.08. The number of ketones is 1. The van der Waals surface area contributed by atoms with Gasteiger partial charge >= 0.3 is 5.69 Å². The molecule has 2 aromatic rings. The molecule has 1 aromatic carbocycles. The van der Waals surface area contributed by atoms with Crippen LogP contribution in [0.15, 0.2) is 33.9 Å². The number of nitrogens with one attached hydrogen (secondary N) is 2. The first-order valence-corrected chi connectivity index (χ1v) is 8.36. The summed E-state index contributed by atoms with van der Waals surface area (Å²) in [6.45, 7) is 5.03. The van der Waals surface area contributed by atoms with E-state index < -0.39 is 11.2 Å². The van der Waals surface area contributed by atoms with Gasteiger partial charge in [-0.2, -0.15) is 0 Å². The number of hydrogen-bond donors (Lipinski definition) is 3. The van der Waals surface area contributed by atoms with E-state index in [1.54, 1.807) is 0 Å². The van der Waals surface area contributed by atoms with Crippen molar-refractivity contribution in [2.45, 2.75) is 33.4 Å². The number of carbonyl (C=O) groups is 1. The van der Waals surface area contributed by atoms with E-state index in [0.717, 1.165) is 10.5 Å². The predicted octanol–water partition coefficient (Wildman–Crippen LogP) is -0.265. The summed E-state index contributed by atoms with van der Waals surface area (Å²) in [6.07, 6.45) is 0.669. The Morgan fingerprint density at radius 2 is 1.88 bits per heavy atom. The third-order valence-corrected chi connectivity index (χ3v) is 4.05. The molecule has 1 atom stereocenters. The topological polar surface area (TPSA) is 102 Å². The fourth-order valence-corrected chi connectivity index (χ4v) is 2.78. The minimum absolute atomic E-state index is 0.0521. The molecule has 134 valence electrons. The summed E-state index contributed by atoms with van der Waals surface area (Å²) >= 11 is 0. The number of aryl methyl sites for hydroxylation is 1. The number of aromatic nitrogens is 2. The molecular formula is C18H25N4O3+. The number of hydrogen-bond acceptors (Lipinski definition) is 4. The van der Waals surface area contributed by atoms with E-state index in [1.807, 2.05) is 45.2 Å². The highest BCUT2D eigenvalue weighted by Gasteiger charge is 2.22. The van der Waals surface area contributed by atoms with Crippen LogP contribution in [-0.4, -0.2) is 28.9 Å². The monoisotopic (exact) mass is 345 g/mol. The van der Waals surface area contributed by atoms with Crippen molar-refractivity contribution in [2.75, 3.05) is 19.3 Å². The normalized spacial score (nSPS) is 12.1. The molecule has 25 heavy (non-hydrogen) atoms. The predicted molar refractivity (Wildman–Crippen MR) is 97.0 cm³/mol. The van der Waals surface area contributed by atoms with E-state index >= 15 is 0 Å². The molecule has 0 aliphatic heterocycles. The zero-order valence-corrected chi connectivity index (χ0v) is 14.9. The highest BCUT2D eigenvalue weighted by molar-refractivity contribution is 6.00. The number of benzene rings is 1. The van der Waals surface area contributed by atoms with Crippen molar-refractivity contribution in [2.24, 2.45) is 0 Å². The Morgan fingerprint density at radius 3 is 2.48 bits per heavy atom. The molecule has 1 heterocycles. The highest BCUT2D eigenvalue weighted by atomic mass is 16.2. The molecule has 0 spiro atoms. The van der Waals surface area contributed by atoms with Gasteiger partial charge in [0.1, 0.15) is 24.5 Å². The first-order chi connectivity index (χ1) is 11.8. The van der Waals surface area contributed by atoms with Gasteiger partial charge in [-0.1, -0.05) is 36.8 Å². The van der Waals surface area contributed by atoms with Crippen LogP contribution in [0.5, 0.6) is 0 Å². The smallest absolute Gasteiger partial charge is 0.329 e. The lowest BCUT2D eigenvalue weighted by Gasteiger charge is -2.15. The molecule has 0 radical (unpaired) electrons. The Bertz CT molecular complexity index is 865. The van der Waals surface area contributed by atoms with Crippen molar-refractivity contribution in [1.29, 1.82) is 0 Å². The second kappa shape index (κ2) is 7.94. The maximum absolute atomic E-state index is 12.6. The fraction of sp³-hybridized carbons (Fsp3) is 0.389. The minimum atomic E-state index is -0.719. The standard InChI is InChI=1S/C18H24N4O3/c1-4-9-22-16(19)15(17(24)20-18(22)25)14(23)11-21(3)10-13-7-5-12(2)6-8-13/h5-8H,4,9-11,19H2,1-3H3,(H,20,24,25)/p+1. The van der Waals surface area contributed by atoms with Crippen LogP contribution in [0.3, 0.4) is 0 Å². The number of carbonyl (C=O) groups excluding carboxylic acids is 1. The number of nitrogens with zero attached hydrogens (tertiary/aromatic N) is 1. The van der Waals surface area contributed by atoms with E-state index in [2.05, 4.69) is 4.98 Å². The van der Waals surface area contributed by atoms with Crippen LogP contribution in [0.1, 0.15) is 34.8 Å². The SMILES string of the molecule is CCCn1c(N)c(C(=O)C[NH+](C)Cc2ccc(C)cc2)c(=O)[nH]c1=O. The van der Waals surface area contributed by atoms with Crippen LogP contribution in [0, 0.1) is 6.92 Å². The zero-order valence-electron chi connectivity index (χ0n) is 14.9. The van der Waals surface area contributed by atoms with Gasteiger partial charge in [0, 0.05) is 12.1 Å². The third-order valence-electron chi connectivity index (χ3n) is 4.05. The molecule has 4 N–H and O–H groups in total. The number of Topliss-reactive ketones (excluding diaryl/α,β-unsaturated/α-hetero) is 1. The lowest BCUT2D eigenvalue weighted by molar-refractivity contribution is -0.884. The Morgan fingerprint density at radius 1 is 1.24 bits per heavy atom. The molecule has 0 fully saturated rings. The summed E-state index contributed by atoms with van der Waals surface area (Å²) in [6, 6.07) is 8.08. The quantitative estimate of drug-likeness (QED) is 0.601. The summed E-state index contributed by atoms with van der Waals surface area (Å²) in [4.78, 5) is 39.6. The molecule has 1 unspecified atom stereocenters. The summed E-state index contributed by atoms with van der Waals surface area (Å²) < 4.78 is 1.24. The number of quaternary nitrogens is 1. The molecule has 0 amide bonds. The number of nitrogen functional groups attached to an aromatic ring is 1. The van der Waals surface area contributed by atoms with Crippen LogP contribution in [0.4, 0.5) is 5.82 Å². The van der Waals surface area contributed by atoms with E-state index in [1.165, 1.54) is 10.1 Å². The largest absolute Gasteiger partial charge is 0.384 e. The maximum atomic E-state index is 12.6. The van der Waals surface area contributed by atoms with Crippen LogP contribution < -0.4 is 21.9 Å². The van der Waals surface area contributed by atoms with Crippen molar-refractivity contribution in [3.05, 3.63) is 61.8 Å². The summed E-state index contributed by atoms with van der Waals surface area (Å²) in [5.41, 5.74) is 6.78.